The number of piperazine rings is 1. The monoisotopic (exact) mass is 462 g/mol. The fourth-order valence-electron chi connectivity index (χ4n) is 4.48. The van der Waals surface area contributed by atoms with Crippen LogP contribution >= 0.6 is 0 Å². The molecule has 2 saturated heterocycles. The maximum atomic E-state index is 12.8. The molecule has 0 radical (unpaired) electrons. The van der Waals surface area contributed by atoms with Crippen LogP contribution in [0.5, 0.6) is 0 Å². The molecule has 10 nitrogen and oxygen atoms in total. The number of hydrogen-bond acceptors (Lipinski definition) is 7. The van der Waals surface area contributed by atoms with Crippen LogP contribution in [0.4, 0.5) is 5.82 Å². The molecule has 1 aromatic carbocycles. The number of nitrogens with one attached hydrogen (secondary N) is 2. The van der Waals surface area contributed by atoms with E-state index in [-0.39, 0.29) is 11.8 Å². The van der Waals surface area contributed by atoms with Crippen molar-refractivity contribution in [3.05, 3.63) is 36.2 Å². The third-order valence-electron chi connectivity index (χ3n) is 6.55. The van der Waals surface area contributed by atoms with Gasteiger partial charge in [-0.05, 0) is 32.0 Å². The molecule has 10 heteroatoms. The summed E-state index contributed by atoms with van der Waals surface area (Å²) in [7, 11) is 2.08. The van der Waals surface area contributed by atoms with E-state index in [0.717, 1.165) is 63.2 Å². The number of H-pyrrole nitrogens is 1. The van der Waals surface area contributed by atoms with Gasteiger partial charge in [-0.2, -0.15) is 0 Å². The number of carbonyl (C=O) groups excluding carboxylic acids is 2. The molecular formula is C24H30N8O2. The van der Waals surface area contributed by atoms with Gasteiger partial charge >= 0.3 is 0 Å². The highest BCUT2D eigenvalue weighted by Gasteiger charge is 2.21. The van der Waals surface area contributed by atoms with Gasteiger partial charge < -0.3 is 25.0 Å². The third kappa shape index (κ3) is 4.72. The highest BCUT2D eigenvalue weighted by Crippen LogP contribution is 2.24. The molecule has 2 aliphatic rings. The van der Waals surface area contributed by atoms with Gasteiger partial charge in [0.2, 0.25) is 5.91 Å². The minimum absolute atomic E-state index is 0.0669. The van der Waals surface area contributed by atoms with Gasteiger partial charge in [0.15, 0.2) is 11.5 Å². The summed E-state index contributed by atoms with van der Waals surface area (Å²) in [5, 5.41) is 3.34. The Hall–Kier alpha value is -3.53. The lowest BCUT2D eigenvalue weighted by Crippen LogP contribution is -2.47. The Balaban J connectivity index is 1.24. The molecule has 0 spiro atoms. The minimum Gasteiger partial charge on any atom is -0.368 e. The van der Waals surface area contributed by atoms with Crippen molar-refractivity contribution >= 4 is 28.8 Å². The summed E-state index contributed by atoms with van der Waals surface area (Å²) in [5.74, 6) is 1.69. The standard InChI is InChI=1S/C24H30N8O2/c1-30-12-14-32(15-13-30)24(34)18-7-5-17(6-8-18)21-28-20-22(26-16-27-23(20)29-21)25-9-3-11-31-10-2-4-19(31)33/h5-8,16H,2-4,9-15H2,1H3,(H2,25,26,27,28,29). The number of benzene rings is 1. The first-order valence-corrected chi connectivity index (χ1v) is 11.9. The van der Waals surface area contributed by atoms with Gasteiger partial charge in [0.1, 0.15) is 17.7 Å². The molecule has 2 amide bonds. The fraction of sp³-hybridized carbons (Fsp3) is 0.458. The van der Waals surface area contributed by atoms with Crippen LogP contribution in [0.3, 0.4) is 0 Å². The summed E-state index contributed by atoms with van der Waals surface area (Å²) in [4.78, 5) is 47.2. The summed E-state index contributed by atoms with van der Waals surface area (Å²) in [6.45, 7) is 5.63. The number of carbonyl (C=O) groups is 2. The van der Waals surface area contributed by atoms with Crippen LogP contribution in [0.2, 0.25) is 0 Å². The van der Waals surface area contributed by atoms with Gasteiger partial charge in [-0.25, -0.2) is 15.0 Å². The number of aromatic amines is 1. The van der Waals surface area contributed by atoms with Crippen molar-refractivity contribution in [1.82, 2.24) is 34.6 Å². The number of aromatic nitrogens is 4. The van der Waals surface area contributed by atoms with E-state index in [1.807, 2.05) is 34.1 Å². The largest absolute Gasteiger partial charge is 0.368 e. The van der Waals surface area contributed by atoms with E-state index >= 15 is 0 Å². The van der Waals surface area contributed by atoms with E-state index < -0.39 is 0 Å². The zero-order chi connectivity index (χ0) is 23.5. The highest BCUT2D eigenvalue weighted by atomic mass is 16.2. The summed E-state index contributed by atoms with van der Waals surface area (Å²) in [6.07, 6.45) is 3.97. The number of fused-ring (bicyclic) bond motifs is 1. The van der Waals surface area contributed by atoms with Crippen LogP contribution in [0.1, 0.15) is 29.6 Å². The number of likely N-dealkylation sites (N-methyl/N-ethyl adjacent to an activating group) is 1. The van der Waals surface area contributed by atoms with E-state index in [4.69, 9.17) is 0 Å². The normalized spacial score (nSPS) is 17.0. The van der Waals surface area contributed by atoms with E-state index in [1.54, 1.807) is 0 Å². The maximum Gasteiger partial charge on any atom is 0.253 e. The number of nitrogens with zero attached hydrogens (tertiary/aromatic N) is 6. The average Bonchev–Trinajstić information content (AvgIpc) is 3.48. The molecule has 5 rings (SSSR count). The summed E-state index contributed by atoms with van der Waals surface area (Å²) >= 11 is 0. The smallest absolute Gasteiger partial charge is 0.253 e. The minimum atomic E-state index is 0.0669. The van der Waals surface area contributed by atoms with Crippen molar-refractivity contribution in [3.8, 4) is 11.4 Å². The van der Waals surface area contributed by atoms with Crippen LogP contribution < -0.4 is 5.32 Å². The first-order valence-electron chi connectivity index (χ1n) is 11.9. The Kier molecular flexibility index (Phi) is 6.39. The lowest BCUT2D eigenvalue weighted by atomic mass is 10.1. The zero-order valence-electron chi connectivity index (χ0n) is 19.5. The van der Waals surface area contributed by atoms with Crippen LogP contribution in [0, 0.1) is 0 Å². The molecule has 2 N–H and O–H groups in total. The van der Waals surface area contributed by atoms with Crippen molar-refractivity contribution in [3.63, 3.8) is 0 Å². The summed E-state index contributed by atoms with van der Waals surface area (Å²) in [6, 6.07) is 7.53. The molecule has 0 saturated carbocycles. The Bertz CT molecular complexity index is 1170. The molecule has 0 bridgehead atoms. The number of rotatable bonds is 7. The van der Waals surface area contributed by atoms with E-state index in [0.29, 0.717) is 35.8 Å². The fourth-order valence-corrected chi connectivity index (χ4v) is 4.48. The van der Waals surface area contributed by atoms with Gasteiger partial charge in [0.05, 0.1) is 0 Å². The molecule has 2 aliphatic heterocycles. The lowest BCUT2D eigenvalue weighted by Gasteiger charge is -2.32. The van der Waals surface area contributed by atoms with Crippen molar-refractivity contribution in [2.45, 2.75) is 19.3 Å². The Morgan fingerprint density at radius 2 is 1.88 bits per heavy atom. The SMILES string of the molecule is CN1CCN(C(=O)c2ccc(-c3nc4ncnc(NCCCN5CCCC5=O)c4[nH]3)cc2)CC1. The van der Waals surface area contributed by atoms with Gasteiger partial charge in [-0.15, -0.1) is 0 Å². The molecule has 34 heavy (non-hydrogen) atoms. The first-order chi connectivity index (χ1) is 16.6. The number of likely N-dealkylation sites (tertiary alicyclic amines) is 1. The second-order valence-electron chi connectivity index (χ2n) is 8.94. The van der Waals surface area contributed by atoms with Crippen molar-refractivity contribution in [2.75, 3.05) is 58.2 Å². The Morgan fingerprint density at radius 1 is 1.09 bits per heavy atom. The van der Waals surface area contributed by atoms with Crippen LogP contribution in [-0.4, -0.2) is 99.3 Å². The number of imidazole rings is 1. The molecule has 178 valence electrons. The van der Waals surface area contributed by atoms with E-state index in [1.165, 1.54) is 6.33 Å². The molecule has 0 aliphatic carbocycles. The van der Waals surface area contributed by atoms with Crippen LogP contribution in [0.25, 0.3) is 22.6 Å². The zero-order valence-corrected chi connectivity index (χ0v) is 19.5. The van der Waals surface area contributed by atoms with Crippen molar-refractivity contribution in [1.29, 1.82) is 0 Å². The number of hydrogen-bond donors (Lipinski definition) is 2. The average molecular weight is 463 g/mol. The first kappa shape index (κ1) is 22.3. The Labute approximate surface area is 198 Å². The highest BCUT2D eigenvalue weighted by molar-refractivity contribution is 5.95. The molecule has 2 fully saturated rings. The number of amides is 2. The lowest BCUT2D eigenvalue weighted by molar-refractivity contribution is -0.127. The molecular weight excluding hydrogens is 432 g/mol. The van der Waals surface area contributed by atoms with Gasteiger partial charge in [0.25, 0.3) is 5.91 Å². The molecule has 2 aromatic heterocycles. The molecule has 3 aromatic rings. The second-order valence-corrected chi connectivity index (χ2v) is 8.94. The van der Waals surface area contributed by atoms with E-state index in [9.17, 15) is 9.59 Å². The van der Waals surface area contributed by atoms with Crippen LogP contribution in [-0.2, 0) is 4.79 Å². The van der Waals surface area contributed by atoms with Crippen LogP contribution in [0.15, 0.2) is 30.6 Å². The predicted octanol–water partition coefficient (Wildman–Crippen LogP) is 1.83. The topological polar surface area (TPSA) is 110 Å². The third-order valence-corrected chi connectivity index (χ3v) is 6.55. The molecule has 0 unspecified atom stereocenters. The summed E-state index contributed by atoms with van der Waals surface area (Å²) in [5.41, 5.74) is 2.89. The van der Waals surface area contributed by atoms with Crippen molar-refractivity contribution < 1.29 is 9.59 Å². The van der Waals surface area contributed by atoms with E-state index in [2.05, 4.69) is 37.2 Å². The van der Waals surface area contributed by atoms with Crippen molar-refractivity contribution in [2.24, 2.45) is 0 Å². The molecule has 4 heterocycles. The second kappa shape index (κ2) is 9.76. The van der Waals surface area contributed by atoms with Gasteiger partial charge in [-0.1, -0.05) is 12.1 Å². The number of anilines is 1. The predicted molar refractivity (Wildman–Crippen MR) is 129 cm³/mol. The molecule has 0 atom stereocenters. The summed E-state index contributed by atoms with van der Waals surface area (Å²) < 4.78 is 0. The van der Waals surface area contributed by atoms with Gasteiger partial charge in [-0.3, -0.25) is 9.59 Å². The quantitative estimate of drug-likeness (QED) is 0.516. The maximum absolute atomic E-state index is 12.8. The van der Waals surface area contributed by atoms with Gasteiger partial charge in [0, 0.05) is 63.4 Å². The Morgan fingerprint density at radius 3 is 2.62 bits per heavy atom.